The number of carbonyl (C=O) groups is 1. The van der Waals surface area contributed by atoms with Crippen molar-refractivity contribution < 1.29 is 19.0 Å². The number of hydrogen-bond donors (Lipinski definition) is 0. The fourth-order valence-electron chi connectivity index (χ4n) is 3.60. The average molecular weight is 455 g/mol. The van der Waals surface area contributed by atoms with E-state index in [4.69, 9.17) is 14.2 Å². The van der Waals surface area contributed by atoms with Gasteiger partial charge in [-0.15, -0.1) is 0 Å². The zero-order chi connectivity index (χ0) is 23.9. The van der Waals surface area contributed by atoms with E-state index in [1.807, 2.05) is 24.3 Å². The zero-order valence-electron chi connectivity index (χ0n) is 21.0. The van der Waals surface area contributed by atoms with Crippen molar-refractivity contribution in [3.63, 3.8) is 0 Å². The maximum absolute atomic E-state index is 13.4. The van der Waals surface area contributed by atoms with Gasteiger partial charge in [0, 0.05) is 0 Å². The summed E-state index contributed by atoms with van der Waals surface area (Å²) >= 11 is 0. The molecule has 182 valence electrons. The molecule has 1 aromatic carbocycles. The van der Waals surface area contributed by atoms with Gasteiger partial charge in [0.1, 0.15) is 22.8 Å². The van der Waals surface area contributed by atoms with Gasteiger partial charge < -0.3 is 14.2 Å². The molecule has 0 saturated carbocycles. The third kappa shape index (κ3) is 8.75. The number of unbranched alkanes of at least 4 members (excludes halogenated alkanes) is 3. The van der Waals surface area contributed by atoms with E-state index in [1.165, 1.54) is 5.57 Å². The third-order valence-electron chi connectivity index (χ3n) is 5.73. The van der Waals surface area contributed by atoms with E-state index in [0.717, 1.165) is 57.1 Å². The molecule has 1 atom stereocenters. The summed E-state index contributed by atoms with van der Waals surface area (Å²) in [5, 5.41) is 0. The number of benzene rings is 1. The molecule has 0 aliphatic heterocycles. The van der Waals surface area contributed by atoms with Crippen molar-refractivity contribution in [2.75, 3.05) is 19.8 Å². The number of ketones is 1. The van der Waals surface area contributed by atoms with Crippen LogP contribution in [0, 0.1) is 5.92 Å². The smallest absolute Gasteiger partial charge is 0.193 e. The highest BCUT2D eigenvalue weighted by molar-refractivity contribution is 6.08. The summed E-state index contributed by atoms with van der Waals surface area (Å²) in [5.74, 6) is 2.01. The molecule has 4 heteroatoms. The minimum absolute atomic E-state index is 0.0212. The van der Waals surface area contributed by atoms with Crippen LogP contribution in [0.2, 0.25) is 0 Å². The van der Waals surface area contributed by atoms with Crippen molar-refractivity contribution >= 4 is 5.78 Å². The molecule has 1 unspecified atom stereocenters. The second-order valence-corrected chi connectivity index (χ2v) is 8.47. The first-order valence-corrected chi connectivity index (χ1v) is 12.8. The fourth-order valence-corrected chi connectivity index (χ4v) is 3.60. The van der Waals surface area contributed by atoms with Crippen LogP contribution in [0.4, 0.5) is 0 Å². The van der Waals surface area contributed by atoms with E-state index in [-0.39, 0.29) is 11.7 Å². The summed E-state index contributed by atoms with van der Waals surface area (Å²) in [6.07, 6.45) is 16.0. The third-order valence-corrected chi connectivity index (χ3v) is 5.73. The van der Waals surface area contributed by atoms with Gasteiger partial charge in [0.25, 0.3) is 0 Å². The molecule has 0 N–H and O–H groups in total. The highest BCUT2D eigenvalue weighted by Gasteiger charge is 2.20. The molecule has 0 aromatic heterocycles. The SMILES string of the molecule is CCCCOC1=CCC(CC)=CC1/C=C/C(=O)c1c(OCCCC)cccc1OCCCC. The molecule has 1 aliphatic carbocycles. The lowest BCUT2D eigenvalue weighted by Crippen LogP contribution is -2.11. The van der Waals surface area contributed by atoms with Crippen molar-refractivity contribution in [2.24, 2.45) is 5.92 Å². The number of hydrogen-bond acceptors (Lipinski definition) is 4. The van der Waals surface area contributed by atoms with E-state index in [1.54, 1.807) is 6.08 Å². The van der Waals surface area contributed by atoms with Crippen LogP contribution in [0.1, 0.15) is 89.4 Å². The molecule has 1 aliphatic rings. The molecular formula is C29H42O4. The Kier molecular flexibility index (Phi) is 12.5. The molecule has 0 radical (unpaired) electrons. The summed E-state index contributed by atoms with van der Waals surface area (Å²) in [6.45, 7) is 10.4. The Hall–Kier alpha value is -2.49. The summed E-state index contributed by atoms with van der Waals surface area (Å²) in [7, 11) is 0. The quantitative estimate of drug-likeness (QED) is 0.110. The molecule has 0 saturated heterocycles. The van der Waals surface area contributed by atoms with Crippen molar-refractivity contribution in [1.29, 1.82) is 0 Å². The van der Waals surface area contributed by atoms with E-state index in [0.29, 0.717) is 36.9 Å². The predicted molar refractivity (Wildman–Crippen MR) is 136 cm³/mol. The van der Waals surface area contributed by atoms with Gasteiger partial charge in [-0.05, 0) is 56.4 Å². The Morgan fingerprint density at radius 2 is 1.48 bits per heavy atom. The Morgan fingerprint density at radius 3 is 2.03 bits per heavy atom. The van der Waals surface area contributed by atoms with E-state index in [9.17, 15) is 4.79 Å². The Bertz CT molecular complexity index is 791. The summed E-state index contributed by atoms with van der Waals surface area (Å²) in [6, 6.07) is 5.61. The van der Waals surface area contributed by atoms with Crippen molar-refractivity contribution in [3.05, 3.63) is 59.4 Å². The van der Waals surface area contributed by atoms with Crippen LogP contribution >= 0.6 is 0 Å². The normalized spacial score (nSPS) is 15.8. The molecular weight excluding hydrogens is 412 g/mol. The highest BCUT2D eigenvalue weighted by atomic mass is 16.5. The average Bonchev–Trinajstić information content (AvgIpc) is 2.83. The van der Waals surface area contributed by atoms with Crippen molar-refractivity contribution in [3.8, 4) is 11.5 Å². The second kappa shape index (κ2) is 15.4. The number of carbonyl (C=O) groups excluding carboxylic acids is 1. The fraction of sp³-hybridized carbons (Fsp3) is 0.552. The van der Waals surface area contributed by atoms with Crippen LogP contribution in [0.15, 0.2) is 53.8 Å². The van der Waals surface area contributed by atoms with Gasteiger partial charge in [-0.25, -0.2) is 0 Å². The molecule has 0 bridgehead atoms. The molecule has 1 aromatic rings. The minimum Gasteiger partial charge on any atom is -0.497 e. The lowest BCUT2D eigenvalue weighted by Gasteiger charge is -2.21. The van der Waals surface area contributed by atoms with Crippen LogP contribution in [0.3, 0.4) is 0 Å². The van der Waals surface area contributed by atoms with Gasteiger partial charge in [0.15, 0.2) is 5.78 Å². The summed E-state index contributed by atoms with van der Waals surface area (Å²) in [5.41, 5.74) is 1.88. The lowest BCUT2D eigenvalue weighted by atomic mass is 9.92. The molecule has 33 heavy (non-hydrogen) atoms. The van der Waals surface area contributed by atoms with Crippen LogP contribution < -0.4 is 9.47 Å². The molecule has 4 nitrogen and oxygen atoms in total. The number of ether oxygens (including phenoxy) is 3. The van der Waals surface area contributed by atoms with Gasteiger partial charge in [-0.3, -0.25) is 4.79 Å². The van der Waals surface area contributed by atoms with Crippen molar-refractivity contribution in [1.82, 2.24) is 0 Å². The summed E-state index contributed by atoms with van der Waals surface area (Å²) in [4.78, 5) is 13.4. The van der Waals surface area contributed by atoms with E-state index < -0.39 is 0 Å². The van der Waals surface area contributed by atoms with Crippen LogP contribution in [0.5, 0.6) is 11.5 Å². The monoisotopic (exact) mass is 454 g/mol. The maximum atomic E-state index is 13.4. The van der Waals surface area contributed by atoms with Gasteiger partial charge in [0.05, 0.1) is 25.7 Å². The zero-order valence-corrected chi connectivity index (χ0v) is 21.0. The maximum Gasteiger partial charge on any atom is 0.193 e. The second-order valence-electron chi connectivity index (χ2n) is 8.47. The number of allylic oxidation sites excluding steroid dienone is 4. The lowest BCUT2D eigenvalue weighted by molar-refractivity contribution is 0.103. The minimum atomic E-state index is -0.0986. The first kappa shape index (κ1) is 26.8. The first-order valence-electron chi connectivity index (χ1n) is 12.8. The summed E-state index contributed by atoms with van der Waals surface area (Å²) < 4.78 is 18.0. The molecule has 0 spiro atoms. The Labute approximate surface area is 200 Å². The topological polar surface area (TPSA) is 44.8 Å². The predicted octanol–water partition coefficient (Wildman–Crippen LogP) is 7.84. The van der Waals surface area contributed by atoms with Crippen LogP contribution in [-0.2, 0) is 4.74 Å². The van der Waals surface area contributed by atoms with Gasteiger partial charge in [0.2, 0.25) is 0 Å². The van der Waals surface area contributed by atoms with Gasteiger partial charge >= 0.3 is 0 Å². The largest absolute Gasteiger partial charge is 0.497 e. The van der Waals surface area contributed by atoms with Crippen LogP contribution in [-0.4, -0.2) is 25.6 Å². The van der Waals surface area contributed by atoms with Gasteiger partial charge in [-0.2, -0.15) is 0 Å². The molecule has 0 heterocycles. The molecule has 0 amide bonds. The highest BCUT2D eigenvalue weighted by Crippen LogP contribution is 2.31. The Balaban J connectivity index is 2.26. The standard InChI is InChI=1S/C29H42O4/c1-5-9-19-31-26-18-15-23(8-4)22-24(26)16-17-25(30)29-27(32-20-10-6-2)13-12-14-28(29)33-21-11-7-3/h12-14,16-18,22,24H,5-11,15,19-21H2,1-4H3/b17-16+. The van der Waals surface area contributed by atoms with E-state index >= 15 is 0 Å². The van der Waals surface area contributed by atoms with Crippen LogP contribution in [0.25, 0.3) is 0 Å². The molecule has 0 fully saturated rings. The van der Waals surface area contributed by atoms with Crippen molar-refractivity contribution in [2.45, 2.75) is 79.1 Å². The molecule has 2 rings (SSSR count). The number of rotatable bonds is 16. The first-order chi connectivity index (χ1) is 16.1. The Morgan fingerprint density at radius 1 is 0.909 bits per heavy atom. The van der Waals surface area contributed by atoms with Gasteiger partial charge in [-0.1, -0.05) is 70.7 Å². The van der Waals surface area contributed by atoms with E-state index in [2.05, 4.69) is 39.8 Å².